The number of benzene rings is 3. The highest BCUT2D eigenvalue weighted by Gasteiger charge is 2.33. The van der Waals surface area contributed by atoms with Crippen molar-refractivity contribution in [2.24, 2.45) is 0 Å². The largest absolute Gasteiger partial charge is 0.493 e. The summed E-state index contributed by atoms with van der Waals surface area (Å²) in [7, 11) is 3.12. The van der Waals surface area contributed by atoms with Gasteiger partial charge in [-0.1, -0.05) is 65.9 Å². The van der Waals surface area contributed by atoms with Crippen LogP contribution in [-0.4, -0.2) is 37.7 Å². The maximum atomic E-state index is 13.0. The molecule has 4 rings (SSSR count). The van der Waals surface area contributed by atoms with E-state index in [4.69, 9.17) is 42.8 Å². The van der Waals surface area contributed by atoms with Crippen LogP contribution in [0.2, 0.25) is 5.02 Å². The number of carbonyl (C=O) groups is 1. The first-order valence-corrected chi connectivity index (χ1v) is 12.2. The molecule has 0 aliphatic carbocycles. The molecule has 0 atom stereocenters. The quantitative estimate of drug-likeness (QED) is 0.186. The van der Waals surface area contributed by atoms with Gasteiger partial charge in [-0.25, -0.2) is 0 Å². The summed E-state index contributed by atoms with van der Waals surface area (Å²) >= 11 is 13.2. The van der Waals surface area contributed by atoms with Crippen molar-refractivity contribution in [1.29, 1.82) is 0 Å². The molecule has 0 radical (unpaired) electrons. The van der Waals surface area contributed by atoms with Crippen molar-refractivity contribution in [2.45, 2.75) is 0 Å². The lowest BCUT2D eigenvalue weighted by Gasteiger charge is -2.15. The van der Waals surface area contributed by atoms with Crippen molar-refractivity contribution in [1.82, 2.24) is 0 Å². The number of amides is 1. The maximum absolute atomic E-state index is 13.0. The minimum absolute atomic E-state index is 0.185. The Morgan fingerprint density at radius 2 is 1.57 bits per heavy atom. The number of rotatable bonds is 9. The Bertz CT molecular complexity index is 1270. The third-order valence-electron chi connectivity index (χ3n) is 5.01. The number of thioether (sulfide) groups is 1. The van der Waals surface area contributed by atoms with Crippen LogP contribution in [0.1, 0.15) is 5.56 Å². The number of anilines is 1. The normalized spacial score (nSPS) is 14.4. The Morgan fingerprint density at radius 1 is 0.914 bits per heavy atom. The van der Waals surface area contributed by atoms with Crippen molar-refractivity contribution in [3.8, 4) is 23.0 Å². The van der Waals surface area contributed by atoms with Crippen molar-refractivity contribution < 1.29 is 23.7 Å². The van der Waals surface area contributed by atoms with E-state index in [9.17, 15) is 4.79 Å². The number of halogens is 1. The standard InChI is InChI=1S/C26H22ClNO5S2/c1-30-20-10-6-7-11-21(20)32-12-13-33-24-19(27)14-17(15-22(24)31-2)16-23-25(29)28(26(34)35-23)18-8-4-3-5-9-18/h3-11,14-16H,12-13H2,1-2H3. The van der Waals surface area contributed by atoms with Crippen LogP contribution in [0.5, 0.6) is 23.0 Å². The van der Waals surface area contributed by atoms with Gasteiger partial charge in [0.2, 0.25) is 0 Å². The third kappa shape index (κ3) is 5.73. The molecule has 0 bridgehead atoms. The Morgan fingerprint density at radius 3 is 2.29 bits per heavy atom. The molecule has 0 saturated carbocycles. The summed E-state index contributed by atoms with van der Waals surface area (Å²) in [6.45, 7) is 0.521. The fraction of sp³-hybridized carbons (Fsp3) is 0.154. The second-order valence-corrected chi connectivity index (χ2v) is 9.32. The van der Waals surface area contributed by atoms with E-state index in [1.165, 1.54) is 23.8 Å². The zero-order valence-electron chi connectivity index (χ0n) is 19.0. The zero-order chi connectivity index (χ0) is 24.8. The van der Waals surface area contributed by atoms with E-state index in [0.717, 1.165) is 5.69 Å². The SMILES string of the molecule is COc1ccccc1OCCOc1c(Cl)cc(C=C2SC(=S)N(c3ccccc3)C2=O)cc1OC. The van der Waals surface area contributed by atoms with E-state index in [-0.39, 0.29) is 19.1 Å². The molecular weight excluding hydrogens is 506 g/mol. The van der Waals surface area contributed by atoms with E-state index in [2.05, 4.69) is 0 Å². The molecule has 0 N–H and O–H groups in total. The number of para-hydroxylation sites is 3. The van der Waals surface area contributed by atoms with Gasteiger partial charge in [0.25, 0.3) is 5.91 Å². The number of ether oxygens (including phenoxy) is 4. The van der Waals surface area contributed by atoms with Crippen LogP contribution in [-0.2, 0) is 4.79 Å². The number of thiocarbonyl (C=S) groups is 1. The van der Waals surface area contributed by atoms with Gasteiger partial charge in [0.15, 0.2) is 27.3 Å². The van der Waals surface area contributed by atoms with Crippen molar-refractivity contribution >= 4 is 57.6 Å². The molecule has 35 heavy (non-hydrogen) atoms. The highest BCUT2D eigenvalue weighted by Crippen LogP contribution is 2.40. The summed E-state index contributed by atoms with van der Waals surface area (Å²) in [6.07, 6.45) is 1.74. The molecule has 180 valence electrons. The number of carbonyl (C=O) groups excluding carboxylic acids is 1. The van der Waals surface area contributed by atoms with Crippen molar-refractivity contribution in [3.05, 3.63) is 82.2 Å². The summed E-state index contributed by atoms with van der Waals surface area (Å²) in [6, 6.07) is 20.2. The lowest BCUT2D eigenvalue weighted by atomic mass is 10.1. The summed E-state index contributed by atoms with van der Waals surface area (Å²) in [5.74, 6) is 1.92. The van der Waals surface area contributed by atoms with Gasteiger partial charge in [-0.2, -0.15) is 0 Å². The molecule has 1 saturated heterocycles. The van der Waals surface area contributed by atoms with E-state index in [1.54, 1.807) is 25.3 Å². The van der Waals surface area contributed by atoms with E-state index < -0.39 is 0 Å². The Hall–Kier alpha value is -3.20. The van der Waals surface area contributed by atoms with Crippen LogP contribution in [0.3, 0.4) is 0 Å². The fourth-order valence-corrected chi connectivity index (χ4v) is 4.99. The van der Waals surface area contributed by atoms with Gasteiger partial charge in [-0.3, -0.25) is 9.69 Å². The summed E-state index contributed by atoms with van der Waals surface area (Å²) in [4.78, 5) is 15.0. The summed E-state index contributed by atoms with van der Waals surface area (Å²) < 4.78 is 22.8. The predicted octanol–water partition coefficient (Wildman–Crippen LogP) is 6.22. The number of nitrogens with zero attached hydrogens (tertiary/aromatic N) is 1. The molecule has 6 nitrogen and oxygen atoms in total. The monoisotopic (exact) mass is 527 g/mol. The molecule has 1 aliphatic rings. The molecule has 9 heteroatoms. The van der Waals surface area contributed by atoms with Gasteiger partial charge in [0, 0.05) is 0 Å². The molecule has 1 fully saturated rings. The zero-order valence-corrected chi connectivity index (χ0v) is 21.4. The Kier molecular flexibility index (Phi) is 8.17. The lowest BCUT2D eigenvalue weighted by Crippen LogP contribution is -2.27. The summed E-state index contributed by atoms with van der Waals surface area (Å²) in [5.41, 5.74) is 1.42. The van der Waals surface area contributed by atoms with Gasteiger partial charge < -0.3 is 18.9 Å². The second kappa shape index (κ2) is 11.5. The van der Waals surface area contributed by atoms with Gasteiger partial charge in [-0.15, -0.1) is 0 Å². The maximum Gasteiger partial charge on any atom is 0.270 e. The highest BCUT2D eigenvalue weighted by atomic mass is 35.5. The van der Waals surface area contributed by atoms with Crippen LogP contribution in [0.15, 0.2) is 71.6 Å². The number of methoxy groups -OCH3 is 2. The predicted molar refractivity (Wildman–Crippen MR) is 144 cm³/mol. The minimum atomic E-state index is -0.185. The van der Waals surface area contributed by atoms with Gasteiger partial charge in [0.1, 0.15) is 13.2 Å². The first kappa shape index (κ1) is 24.9. The molecule has 0 aromatic heterocycles. The van der Waals surface area contributed by atoms with Gasteiger partial charge >= 0.3 is 0 Å². The first-order valence-electron chi connectivity index (χ1n) is 10.6. The van der Waals surface area contributed by atoms with Gasteiger partial charge in [-0.05, 0) is 48.0 Å². The molecule has 1 amide bonds. The molecule has 3 aromatic rings. The van der Waals surface area contributed by atoms with Crippen molar-refractivity contribution in [3.63, 3.8) is 0 Å². The smallest absolute Gasteiger partial charge is 0.270 e. The minimum Gasteiger partial charge on any atom is -0.493 e. The lowest BCUT2D eigenvalue weighted by molar-refractivity contribution is -0.113. The average Bonchev–Trinajstić information content (AvgIpc) is 3.15. The molecule has 0 spiro atoms. The van der Waals surface area contributed by atoms with Crippen LogP contribution in [0, 0.1) is 0 Å². The Balaban J connectivity index is 1.46. The van der Waals surface area contributed by atoms with Crippen LogP contribution in [0.25, 0.3) is 6.08 Å². The Labute approximate surface area is 218 Å². The molecule has 1 aliphatic heterocycles. The van der Waals surface area contributed by atoms with Crippen molar-refractivity contribution in [2.75, 3.05) is 32.3 Å². The average molecular weight is 528 g/mol. The van der Waals surface area contributed by atoms with E-state index >= 15 is 0 Å². The van der Waals surface area contributed by atoms with Crippen LogP contribution in [0.4, 0.5) is 5.69 Å². The second-order valence-electron chi connectivity index (χ2n) is 7.23. The van der Waals surface area contributed by atoms with E-state index in [0.29, 0.717) is 42.8 Å². The third-order valence-corrected chi connectivity index (χ3v) is 6.60. The first-order chi connectivity index (χ1) is 17.0. The number of hydrogen-bond donors (Lipinski definition) is 0. The molecule has 3 aromatic carbocycles. The van der Waals surface area contributed by atoms with E-state index in [1.807, 2.05) is 54.6 Å². The highest BCUT2D eigenvalue weighted by molar-refractivity contribution is 8.27. The molecule has 1 heterocycles. The summed E-state index contributed by atoms with van der Waals surface area (Å²) in [5, 5.41) is 0.353. The number of hydrogen-bond acceptors (Lipinski definition) is 7. The fourth-order valence-electron chi connectivity index (χ4n) is 3.42. The molecule has 0 unspecified atom stereocenters. The van der Waals surface area contributed by atoms with Crippen LogP contribution >= 0.6 is 35.6 Å². The topological polar surface area (TPSA) is 57.2 Å². The molecular formula is C26H22ClNO5S2. The van der Waals surface area contributed by atoms with Crippen LogP contribution < -0.4 is 23.8 Å². The van der Waals surface area contributed by atoms with Gasteiger partial charge in [0.05, 0.1) is 29.8 Å².